The summed E-state index contributed by atoms with van der Waals surface area (Å²) in [6.45, 7) is 14.0. The fourth-order valence-electron chi connectivity index (χ4n) is 5.06. The fraction of sp³-hybridized carbons (Fsp3) is 0.379. The maximum Gasteiger partial charge on any atom is 0.246 e. The largest absolute Gasteiger partial charge is 0.496 e. The van der Waals surface area contributed by atoms with Crippen molar-refractivity contribution in [3.05, 3.63) is 56.2 Å². The summed E-state index contributed by atoms with van der Waals surface area (Å²) in [5, 5.41) is 2.07. The molecule has 3 aromatic rings. The Hall–Kier alpha value is -2.38. The zero-order valence-electron chi connectivity index (χ0n) is 22.9. The number of hydrogen-bond acceptors (Lipinski definition) is 6. The van der Waals surface area contributed by atoms with E-state index in [9.17, 15) is 0 Å². The number of halogens is 1. The van der Waals surface area contributed by atoms with Crippen molar-refractivity contribution in [2.45, 2.75) is 54.3 Å². The van der Waals surface area contributed by atoms with E-state index in [1.807, 2.05) is 78.8 Å². The quantitative estimate of drug-likeness (QED) is 0.231. The Balaban J connectivity index is 2.12. The molecule has 198 valence electrons. The second-order valence-corrected chi connectivity index (χ2v) is 13.5. The van der Waals surface area contributed by atoms with Crippen LogP contribution in [0.4, 0.5) is 0 Å². The average Bonchev–Trinajstić information content (AvgIpc) is 3.16. The van der Waals surface area contributed by atoms with Crippen LogP contribution in [0.1, 0.15) is 43.0 Å². The maximum absolute atomic E-state index is 15.7. The molecule has 0 spiro atoms. The van der Waals surface area contributed by atoms with Crippen molar-refractivity contribution in [3.63, 3.8) is 0 Å². The van der Waals surface area contributed by atoms with Gasteiger partial charge in [0.1, 0.15) is 11.5 Å². The molecule has 0 saturated heterocycles. The number of aryl methyl sites for hydroxylation is 4. The van der Waals surface area contributed by atoms with E-state index >= 15 is 4.57 Å². The van der Waals surface area contributed by atoms with Gasteiger partial charge in [0.05, 0.1) is 24.4 Å². The van der Waals surface area contributed by atoms with Gasteiger partial charge < -0.3 is 28.2 Å². The lowest BCUT2D eigenvalue weighted by Gasteiger charge is -2.25. The first-order valence-electron chi connectivity index (χ1n) is 12.2. The van der Waals surface area contributed by atoms with Crippen LogP contribution in [0.2, 0.25) is 0 Å². The van der Waals surface area contributed by atoms with Crippen LogP contribution in [0.25, 0.3) is 0 Å². The predicted molar refractivity (Wildman–Crippen MR) is 157 cm³/mol. The summed E-state index contributed by atoms with van der Waals surface area (Å²) in [6, 6.07) is 9.72. The molecular formula is C29H34IO6P. The third-order valence-electron chi connectivity index (χ3n) is 6.48. The first-order chi connectivity index (χ1) is 17.4. The van der Waals surface area contributed by atoms with Crippen LogP contribution in [-0.4, -0.2) is 26.6 Å². The Bertz CT molecular complexity index is 1320. The first kappa shape index (κ1) is 27.6. The molecule has 8 heteroatoms. The molecule has 0 aliphatic carbocycles. The molecule has 0 saturated carbocycles. The molecule has 0 fully saturated rings. The highest BCUT2D eigenvalue weighted by Gasteiger charge is 2.42. The number of methoxy groups -OCH3 is 2. The fourth-order valence-corrected chi connectivity index (χ4v) is 9.63. The van der Waals surface area contributed by atoms with Gasteiger partial charge in [0, 0.05) is 29.8 Å². The van der Waals surface area contributed by atoms with Gasteiger partial charge in [-0.25, -0.2) is 0 Å². The summed E-state index contributed by atoms with van der Waals surface area (Å²) in [7, 11) is -0.132. The van der Waals surface area contributed by atoms with Crippen LogP contribution in [0.3, 0.4) is 0 Å². The number of rotatable bonds is 7. The topological polar surface area (TPSA) is 63.2 Å². The van der Waals surface area contributed by atoms with E-state index in [0.29, 0.717) is 39.8 Å². The van der Waals surface area contributed by atoms with Gasteiger partial charge in [0.2, 0.25) is 11.5 Å². The lowest BCUT2D eigenvalue weighted by Crippen LogP contribution is -2.30. The second kappa shape index (κ2) is 10.1. The van der Waals surface area contributed by atoms with E-state index < -0.39 is 12.9 Å². The molecule has 4 rings (SSSR count). The van der Waals surface area contributed by atoms with E-state index in [1.54, 1.807) is 14.2 Å². The van der Waals surface area contributed by atoms with E-state index in [-0.39, 0.29) is 0 Å². The molecule has 3 aromatic carbocycles. The van der Waals surface area contributed by atoms with E-state index in [0.717, 1.165) is 37.3 Å². The van der Waals surface area contributed by atoms with Crippen molar-refractivity contribution >= 4 is 45.6 Å². The van der Waals surface area contributed by atoms with Crippen molar-refractivity contribution in [2.24, 2.45) is 0 Å². The normalized spacial score (nSPS) is 14.0. The Morgan fingerprint density at radius 3 is 1.65 bits per heavy atom. The summed E-state index contributed by atoms with van der Waals surface area (Å²) in [5.41, 5.74) is 3.67. The molecule has 1 heterocycles. The summed E-state index contributed by atoms with van der Waals surface area (Å²) >= 11 is 2.23. The summed E-state index contributed by atoms with van der Waals surface area (Å²) < 4.78 is 46.0. The molecule has 0 radical (unpaired) electrons. The highest BCUT2D eigenvalue weighted by atomic mass is 127. The zero-order valence-corrected chi connectivity index (χ0v) is 25.9. The van der Waals surface area contributed by atoms with Crippen molar-refractivity contribution in [2.75, 3.05) is 20.8 Å². The van der Waals surface area contributed by atoms with E-state index in [1.165, 1.54) is 0 Å². The van der Waals surface area contributed by atoms with Gasteiger partial charge in [-0.1, -0.05) is 0 Å². The molecule has 0 unspecified atom stereocenters. The summed E-state index contributed by atoms with van der Waals surface area (Å²) in [6.07, 6.45) is 0. The monoisotopic (exact) mass is 636 g/mol. The highest BCUT2D eigenvalue weighted by molar-refractivity contribution is 14.1. The minimum absolute atomic E-state index is 0.433. The van der Waals surface area contributed by atoms with Gasteiger partial charge in [-0.05, 0) is 110 Å². The van der Waals surface area contributed by atoms with Crippen LogP contribution in [0, 0.1) is 31.3 Å². The third-order valence-corrected chi connectivity index (χ3v) is 11.0. The Morgan fingerprint density at radius 2 is 1.24 bits per heavy atom. The van der Waals surface area contributed by atoms with Gasteiger partial charge in [0.25, 0.3) is 0 Å². The lowest BCUT2D eigenvalue weighted by molar-refractivity contribution is -0.0443. The lowest BCUT2D eigenvalue weighted by atomic mass is 10.1. The van der Waals surface area contributed by atoms with Crippen LogP contribution < -0.4 is 39.6 Å². The van der Waals surface area contributed by atoms with Gasteiger partial charge in [-0.15, -0.1) is 0 Å². The van der Waals surface area contributed by atoms with Crippen LogP contribution in [-0.2, 0) is 4.57 Å². The van der Waals surface area contributed by atoms with Crippen LogP contribution in [0.5, 0.6) is 28.7 Å². The SMILES string of the molecule is CCOc1cc(P(=O)(c2cc(C)c(OC)c(C)c2)c2cc(C)c(OC)c(C)c2)c(I)c2c1OC(C)(C)O2. The highest BCUT2D eigenvalue weighted by Crippen LogP contribution is 2.54. The number of benzene rings is 3. The van der Waals surface area contributed by atoms with Crippen LogP contribution >= 0.6 is 29.7 Å². The molecule has 0 aromatic heterocycles. The van der Waals surface area contributed by atoms with Gasteiger partial charge in [-0.3, -0.25) is 0 Å². The summed E-state index contributed by atoms with van der Waals surface area (Å²) in [5.74, 6) is 2.32. The molecule has 0 atom stereocenters. The van der Waals surface area contributed by atoms with Crippen molar-refractivity contribution in [1.29, 1.82) is 0 Å². The standard InChI is InChI=1S/C29H34IO6P/c1-10-34-22-15-23(24(30)28-27(22)35-29(6,7)36-28)37(31,20-11-16(2)25(32-8)17(3)12-20)21-13-18(4)26(33-9)19(5)14-21/h11-15H,10H2,1-9H3. The van der Waals surface area contributed by atoms with E-state index in [4.69, 9.17) is 23.7 Å². The van der Waals surface area contributed by atoms with Crippen molar-refractivity contribution in [3.8, 4) is 28.7 Å². The zero-order chi connectivity index (χ0) is 27.3. The third kappa shape index (κ3) is 4.69. The number of fused-ring (bicyclic) bond motifs is 1. The molecular weight excluding hydrogens is 602 g/mol. The van der Waals surface area contributed by atoms with Gasteiger partial charge in [0.15, 0.2) is 18.6 Å². The minimum atomic E-state index is -3.44. The molecule has 1 aliphatic rings. The Kier molecular flexibility index (Phi) is 7.52. The maximum atomic E-state index is 15.7. The predicted octanol–water partition coefficient (Wildman–Crippen LogP) is 6.09. The molecule has 0 amide bonds. The molecule has 0 N–H and O–H groups in total. The first-order valence-corrected chi connectivity index (χ1v) is 15.0. The van der Waals surface area contributed by atoms with Crippen molar-refractivity contribution in [1.82, 2.24) is 0 Å². The minimum Gasteiger partial charge on any atom is -0.496 e. The molecule has 0 bridgehead atoms. The average molecular weight is 636 g/mol. The number of hydrogen-bond donors (Lipinski definition) is 0. The van der Waals surface area contributed by atoms with Crippen molar-refractivity contribution < 1.29 is 28.2 Å². The Labute approximate surface area is 233 Å². The number of ether oxygens (including phenoxy) is 5. The molecule has 37 heavy (non-hydrogen) atoms. The second-order valence-electron chi connectivity index (χ2n) is 9.74. The molecule has 1 aliphatic heterocycles. The smallest absolute Gasteiger partial charge is 0.246 e. The van der Waals surface area contributed by atoms with Gasteiger partial charge >= 0.3 is 0 Å². The van der Waals surface area contributed by atoms with E-state index in [2.05, 4.69) is 22.6 Å². The molecule has 6 nitrogen and oxygen atoms in total. The van der Waals surface area contributed by atoms with Gasteiger partial charge in [-0.2, -0.15) is 0 Å². The Morgan fingerprint density at radius 1 is 0.811 bits per heavy atom. The van der Waals surface area contributed by atoms with Crippen LogP contribution in [0.15, 0.2) is 30.3 Å². The summed E-state index contributed by atoms with van der Waals surface area (Å²) in [4.78, 5) is 0.